The zero-order valence-electron chi connectivity index (χ0n) is 22.7. The molecular weight excluding hydrogens is 514 g/mol. The predicted octanol–water partition coefficient (Wildman–Crippen LogP) is 6.53. The molecule has 4 aromatic rings. The number of carbonyl (C=O) groups is 2. The van der Waals surface area contributed by atoms with Crippen molar-refractivity contribution in [2.75, 3.05) is 18.4 Å². The molecule has 2 fully saturated rings. The van der Waals surface area contributed by atoms with Crippen molar-refractivity contribution in [1.29, 1.82) is 0 Å². The van der Waals surface area contributed by atoms with Crippen LogP contribution in [0.5, 0.6) is 0 Å². The number of nitrogens with one attached hydrogen (secondary N) is 1. The monoisotopic (exact) mass is 547 g/mol. The van der Waals surface area contributed by atoms with E-state index in [1.165, 1.54) is 23.3 Å². The van der Waals surface area contributed by atoms with Crippen LogP contribution in [0.4, 0.5) is 10.7 Å². The Labute approximate surface area is 231 Å². The number of aromatic nitrogens is 3. The average molecular weight is 548 g/mol. The molecule has 1 aliphatic carbocycles. The van der Waals surface area contributed by atoms with Crippen molar-refractivity contribution in [2.45, 2.75) is 65.0 Å². The number of hydrogen-bond donors (Lipinski definition) is 1. The van der Waals surface area contributed by atoms with Crippen LogP contribution in [-0.4, -0.2) is 50.1 Å². The largest absolute Gasteiger partial charge is 0.444 e. The minimum Gasteiger partial charge on any atom is -0.444 e. The Kier molecular flexibility index (Phi) is 6.25. The van der Waals surface area contributed by atoms with Crippen LogP contribution in [0, 0.1) is 5.41 Å². The van der Waals surface area contributed by atoms with Crippen molar-refractivity contribution in [3.63, 3.8) is 0 Å². The molecule has 3 aromatic heterocycles. The lowest BCUT2D eigenvalue weighted by Gasteiger charge is -2.46. The van der Waals surface area contributed by atoms with E-state index in [0.29, 0.717) is 29.7 Å². The number of fused-ring (bicyclic) bond motifs is 1. The van der Waals surface area contributed by atoms with Gasteiger partial charge in [0, 0.05) is 19.1 Å². The third-order valence-corrected chi connectivity index (χ3v) is 8.78. The molecule has 1 N–H and O–H groups in total. The minimum absolute atomic E-state index is 0.0720. The van der Waals surface area contributed by atoms with E-state index in [1.807, 2.05) is 31.7 Å². The molecule has 0 unspecified atom stereocenters. The highest BCUT2D eigenvalue weighted by molar-refractivity contribution is 7.17. The Bertz CT molecular complexity index is 1520. The van der Waals surface area contributed by atoms with E-state index in [2.05, 4.69) is 40.0 Å². The van der Waals surface area contributed by atoms with Crippen molar-refractivity contribution >= 4 is 40.3 Å². The molecule has 204 valence electrons. The zero-order valence-corrected chi connectivity index (χ0v) is 23.5. The van der Waals surface area contributed by atoms with Gasteiger partial charge in [-0.05, 0) is 81.7 Å². The number of likely N-dealkylation sites (tertiary alicyclic amines) is 1. The number of amides is 2. The SMILES string of the molecule is CCc1ccc2c(c1)nc(NC(=O)c1ccc(-c3cnco3)s1)n2C1CC2(CCN(C(=O)OC(C)(C)C)C2)C1. The van der Waals surface area contributed by atoms with Crippen molar-refractivity contribution in [3.8, 4) is 10.6 Å². The first-order valence-electron chi connectivity index (χ1n) is 13.4. The number of thiophene rings is 1. The lowest BCUT2D eigenvalue weighted by atomic mass is 9.65. The maximum atomic E-state index is 13.3. The van der Waals surface area contributed by atoms with Gasteiger partial charge in [0.25, 0.3) is 5.91 Å². The van der Waals surface area contributed by atoms with E-state index in [9.17, 15) is 9.59 Å². The van der Waals surface area contributed by atoms with Gasteiger partial charge in [-0.25, -0.2) is 14.8 Å². The van der Waals surface area contributed by atoms with Crippen LogP contribution in [0.2, 0.25) is 0 Å². The number of rotatable bonds is 5. The highest BCUT2D eigenvalue weighted by Crippen LogP contribution is 2.55. The summed E-state index contributed by atoms with van der Waals surface area (Å²) in [4.78, 5) is 38.0. The summed E-state index contributed by atoms with van der Waals surface area (Å²) in [6.45, 7) is 9.21. The molecule has 10 heteroatoms. The molecule has 39 heavy (non-hydrogen) atoms. The fourth-order valence-corrected chi connectivity index (χ4v) is 6.64. The highest BCUT2D eigenvalue weighted by atomic mass is 32.1. The first-order valence-corrected chi connectivity index (χ1v) is 14.2. The lowest BCUT2D eigenvalue weighted by Crippen LogP contribution is -2.43. The summed E-state index contributed by atoms with van der Waals surface area (Å²) in [5.41, 5.74) is 2.66. The number of nitrogens with zero attached hydrogens (tertiary/aromatic N) is 4. The van der Waals surface area contributed by atoms with Gasteiger partial charge in [0.2, 0.25) is 5.95 Å². The van der Waals surface area contributed by atoms with Gasteiger partial charge in [-0.2, -0.15) is 0 Å². The maximum absolute atomic E-state index is 13.3. The van der Waals surface area contributed by atoms with Crippen LogP contribution in [0.1, 0.15) is 68.2 Å². The van der Waals surface area contributed by atoms with Crippen molar-refractivity contribution in [2.24, 2.45) is 5.41 Å². The van der Waals surface area contributed by atoms with Gasteiger partial charge in [-0.1, -0.05) is 13.0 Å². The first-order chi connectivity index (χ1) is 18.6. The van der Waals surface area contributed by atoms with Crippen LogP contribution >= 0.6 is 11.3 Å². The van der Waals surface area contributed by atoms with Crippen LogP contribution in [-0.2, 0) is 11.2 Å². The smallest absolute Gasteiger partial charge is 0.410 e. The summed E-state index contributed by atoms with van der Waals surface area (Å²) in [6, 6.07) is 10.2. The quantitative estimate of drug-likeness (QED) is 0.305. The Balaban J connectivity index is 1.23. The average Bonchev–Trinajstić information content (AvgIpc) is 3.66. The normalized spacial score (nSPS) is 20.9. The molecule has 1 saturated heterocycles. The van der Waals surface area contributed by atoms with Gasteiger partial charge in [0.05, 0.1) is 27.0 Å². The predicted molar refractivity (Wildman–Crippen MR) is 150 cm³/mol. The highest BCUT2D eigenvalue weighted by Gasteiger charge is 2.51. The van der Waals surface area contributed by atoms with Gasteiger partial charge < -0.3 is 18.6 Å². The van der Waals surface area contributed by atoms with Gasteiger partial charge >= 0.3 is 6.09 Å². The number of aryl methyl sites for hydroxylation is 1. The van der Waals surface area contributed by atoms with E-state index < -0.39 is 5.60 Å². The van der Waals surface area contributed by atoms with Gasteiger partial charge in [0.1, 0.15) is 5.60 Å². The third kappa shape index (κ3) is 4.93. The first kappa shape index (κ1) is 25.6. The van der Waals surface area contributed by atoms with E-state index in [1.54, 1.807) is 12.3 Å². The summed E-state index contributed by atoms with van der Waals surface area (Å²) in [7, 11) is 0. The van der Waals surface area contributed by atoms with Gasteiger partial charge in [-0.3, -0.25) is 10.1 Å². The number of carbonyl (C=O) groups excluding carboxylic acids is 2. The molecule has 1 aliphatic heterocycles. The molecular formula is C29H33N5O4S. The van der Waals surface area contributed by atoms with E-state index in [0.717, 1.165) is 41.6 Å². The number of hydrogen-bond acceptors (Lipinski definition) is 7. The van der Waals surface area contributed by atoms with Gasteiger partial charge in [-0.15, -0.1) is 11.3 Å². The minimum atomic E-state index is -0.507. The second kappa shape index (κ2) is 9.51. The molecule has 1 saturated carbocycles. The zero-order chi connectivity index (χ0) is 27.4. The van der Waals surface area contributed by atoms with E-state index in [4.69, 9.17) is 14.1 Å². The second-order valence-electron chi connectivity index (χ2n) is 11.7. The molecule has 1 spiro atoms. The molecule has 9 nitrogen and oxygen atoms in total. The number of imidazole rings is 1. The van der Waals surface area contributed by atoms with E-state index >= 15 is 0 Å². The molecule has 0 radical (unpaired) electrons. The molecule has 2 aliphatic rings. The van der Waals surface area contributed by atoms with Crippen molar-refractivity contribution < 1.29 is 18.7 Å². The molecule has 6 rings (SSSR count). The van der Waals surface area contributed by atoms with Crippen molar-refractivity contribution in [1.82, 2.24) is 19.4 Å². The fourth-order valence-electron chi connectivity index (χ4n) is 5.79. The summed E-state index contributed by atoms with van der Waals surface area (Å²) in [6.07, 6.45) is 6.49. The summed E-state index contributed by atoms with van der Waals surface area (Å²) >= 11 is 1.35. The van der Waals surface area contributed by atoms with Crippen LogP contribution in [0.15, 0.2) is 47.3 Å². The van der Waals surface area contributed by atoms with Crippen LogP contribution in [0.25, 0.3) is 21.7 Å². The maximum Gasteiger partial charge on any atom is 0.410 e. The Morgan fingerprint density at radius 1 is 1.23 bits per heavy atom. The third-order valence-electron chi connectivity index (χ3n) is 7.68. The molecule has 0 atom stereocenters. The molecule has 0 bridgehead atoms. The number of ether oxygens (including phenoxy) is 1. The fraction of sp³-hybridized carbons (Fsp3) is 0.448. The Morgan fingerprint density at radius 3 is 2.77 bits per heavy atom. The Hall–Kier alpha value is -3.66. The summed E-state index contributed by atoms with van der Waals surface area (Å²) in [5.74, 6) is 0.985. The second-order valence-corrected chi connectivity index (χ2v) is 12.8. The number of benzene rings is 1. The molecule has 1 aromatic carbocycles. The van der Waals surface area contributed by atoms with Gasteiger partial charge in [0.15, 0.2) is 12.2 Å². The lowest BCUT2D eigenvalue weighted by molar-refractivity contribution is 0.0199. The number of anilines is 1. The number of oxazole rings is 1. The molecule has 4 heterocycles. The van der Waals surface area contributed by atoms with E-state index in [-0.39, 0.29) is 23.5 Å². The van der Waals surface area contributed by atoms with Crippen LogP contribution < -0.4 is 5.32 Å². The van der Waals surface area contributed by atoms with Crippen molar-refractivity contribution in [3.05, 3.63) is 53.4 Å². The standard InChI is InChI=1S/C29H33N5O4S/c1-5-18-6-7-21-20(12-18)31-26(32-25(35)24-9-8-23(39-24)22-15-30-17-37-22)34(21)19-13-29(14-19)10-11-33(16-29)27(36)38-28(2,3)4/h6-9,12,15,17,19H,5,10-11,13-14,16H2,1-4H3,(H,31,32,35). The summed E-state index contributed by atoms with van der Waals surface area (Å²) < 4.78 is 13.2. The topological polar surface area (TPSA) is 102 Å². The Morgan fingerprint density at radius 2 is 2.05 bits per heavy atom. The van der Waals surface area contributed by atoms with Crippen LogP contribution in [0.3, 0.4) is 0 Å². The molecule has 2 amide bonds. The summed E-state index contributed by atoms with van der Waals surface area (Å²) in [5, 5.41) is 3.09.